The lowest BCUT2D eigenvalue weighted by atomic mass is 10.1. The zero-order chi connectivity index (χ0) is 12.0. The highest BCUT2D eigenvalue weighted by molar-refractivity contribution is 9.10. The third-order valence-corrected chi connectivity index (χ3v) is 2.70. The summed E-state index contributed by atoms with van der Waals surface area (Å²) < 4.78 is 0. The van der Waals surface area contributed by atoms with Gasteiger partial charge in [0.05, 0.1) is 4.83 Å². The molecule has 0 saturated heterocycles. The summed E-state index contributed by atoms with van der Waals surface area (Å²) in [5.41, 5.74) is 1.02. The number of alkyl halides is 1. The Balaban J connectivity index is 2.43. The van der Waals surface area contributed by atoms with E-state index in [4.69, 9.17) is 5.11 Å². The Morgan fingerprint density at radius 3 is 2.50 bits per heavy atom. The highest BCUT2D eigenvalue weighted by atomic mass is 79.9. The van der Waals surface area contributed by atoms with Gasteiger partial charge in [-0.2, -0.15) is 0 Å². The first-order valence-electron chi connectivity index (χ1n) is 4.77. The number of nitrogens with one attached hydrogen (secondary N) is 1. The van der Waals surface area contributed by atoms with Crippen LogP contribution in [0.3, 0.4) is 0 Å². The second-order valence-electron chi connectivity index (χ2n) is 3.27. The molecule has 1 aromatic carbocycles. The maximum atomic E-state index is 11.4. The molecular weight excluding hydrogens is 274 g/mol. The maximum Gasteiger partial charge on any atom is 0.322 e. The van der Waals surface area contributed by atoms with Gasteiger partial charge in [0.25, 0.3) is 0 Å². The Labute approximate surface area is 102 Å². The van der Waals surface area contributed by atoms with Gasteiger partial charge in [-0.05, 0) is 12.0 Å². The van der Waals surface area contributed by atoms with E-state index >= 15 is 0 Å². The maximum absolute atomic E-state index is 11.4. The molecule has 1 amide bonds. The van der Waals surface area contributed by atoms with Crippen molar-refractivity contribution in [3.8, 4) is 0 Å². The molecule has 16 heavy (non-hydrogen) atoms. The number of hydrogen-bond donors (Lipinski definition) is 2. The van der Waals surface area contributed by atoms with Gasteiger partial charge in [0.2, 0.25) is 5.91 Å². The third kappa shape index (κ3) is 4.44. The fraction of sp³-hybridized carbons (Fsp3) is 0.273. The highest BCUT2D eigenvalue weighted by Gasteiger charge is 2.15. The van der Waals surface area contributed by atoms with Crippen molar-refractivity contribution in [3.05, 3.63) is 35.9 Å². The Hall–Kier alpha value is -1.36. The molecule has 0 aromatic heterocycles. The van der Waals surface area contributed by atoms with Crippen LogP contribution in [0.5, 0.6) is 0 Å². The van der Waals surface area contributed by atoms with Crippen molar-refractivity contribution in [1.29, 1.82) is 0 Å². The van der Waals surface area contributed by atoms with Crippen molar-refractivity contribution in [3.63, 3.8) is 0 Å². The zero-order valence-electron chi connectivity index (χ0n) is 8.52. The first-order chi connectivity index (χ1) is 7.59. The number of carboxylic acid groups (broad SMARTS) is 1. The molecule has 0 bridgehead atoms. The van der Waals surface area contributed by atoms with E-state index in [0.29, 0.717) is 6.42 Å². The van der Waals surface area contributed by atoms with Crippen LogP contribution in [0.4, 0.5) is 0 Å². The molecule has 1 unspecified atom stereocenters. The molecule has 2 N–H and O–H groups in total. The molecule has 0 fully saturated rings. The number of amides is 1. The van der Waals surface area contributed by atoms with E-state index < -0.39 is 10.8 Å². The molecule has 0 aliphatic heterocycles. The molecule has 0 saturated carbocycles. The molecule has 0 spiro atoms. The summed E-state index contributed by atoms with van der Waals surface area (Å²) in [4.78, 5) is 21.3. The second kappa shape index (κ2) is 6.27. The minimum atomic E-state index is -1.05. The van der Waals surface area contributed by atoms with Crippen LogP contribution in [0.25, 0.3) is 0 Å². The van der Waals surface area contributed by atoms with Crippen LogP contribution in [0, 0.1) is 0 Å². The lowest BCUT2D eigenvalue weighted by molar-refractivity contribution is -0.137. The molecule has 1 atom stereocenters. The van der Waals surface area contributed by atoms with E-state index in [-0.39, 0.29) is 12.5 Å². The quantitative estimate of drug-likeness (QED) is 0.799. The van der Waals surface area contributed by atoms with Crippen molar-refractivity contribution in [1.82, 2.24) is 5.32 Å². The zero-order valence-corrected chi connectivity index (χ0v) is 10.1. The van der Waals surface area contributed by atoms with Gasteiger partial charge in [0.1, 0.15) is 6.54 Å². The normalized spacial score (nSPS) is 11.8. The average molecular weight is 286 g/mol. The number of hydrogen-bond acceptors (Lipinski definition) is 2. The summed E-state index contributed by atoms with van der Waals surface area (Å²) in [6, 6.07) is 9.52. The number of carbonyl (C=O) groups is 2. The second-order valence-corrected chi connectivity index (χ2v) is 4.37. The van der Waals surface area contributed by atoms with E-state index in [1.165, 1.54) is 0 Å². The van der Waals surface area contributed by atoms with Crippen LogP contribution >= 0.6 is 15.9 Å². The van der Waals surface area contributed by atoms with Gasteiger partial charge in [-0.3, -0.25) is 9.59 Å². The Bertz CT molecular complexity index is 367. The Morgan fingerprint density at radius 2 is 1.94 bits per heavy atom. The molecule has 1 aromatic rings. The number of rotatable bonds is 5. The molecule has 86 valence electrons. The van der Waals surface area contributed by atoms with Gasteiger partial charge in [-0.1, -0.05) is 46.3 Å². The fourth-order valence-corrected chi connectivity index (χ4v) is 1.72. The smallest absolute Gasteiger partial charge is 0.322 e. The summed E-state index contributed by atoms with van der Waals surface area (Å²) in [6.45, 7) is -0.351. The molecule has 0 heterocycles. The number of carboxylic acids is 1. The standard InChI is InChI=1S/C11H12BrNO3/c12-9(11(16)13-7-10(14)15)6-8-4-2-1-3-5-8/h1-5,9H,6-7H2,(H,13,16)(H,14,15). The molecule has 0 radical (unpaired) electrons. The predicted molar refractivity (Wildman–Crippen MR) is 63.5 cm³/mol. The van der Waals surface area contributed by atoms with Crippen molar-refractivity contribution in [2.45, 2.75) is 11.2 Å². The molecule has 0 aliphatic rings. The SMILES string of the molecule is O=C(O)CNC(=O)C(Br)Cc1ccccc1. The van der Waals surface area contributed by atoms with Gasteiger partial charge in [-0.25, -0.2) is 0 Å². The first-order valence-corrected chi connectivity index (χ1v) is 5.68. The fourth-order valence-electron chi connectivity index (χ4n) is 1.19. The average Bonchev–Trinajstić information content (AvgIpc) is 2.27. The van der Waals surface area contributed by atoms with Crippen LogP contribution < -0.4 is 5.32 Å². The van der Waals surface area contributed by atoms with Gasteiger partial charge >= 0.3 is 5.97 Å². The number of aliphatic carboxylic acids is 1. The van der Waals surface area contributed by atoms with E-state index in [1.54, 1.807) is 0 Å². The minimum absolute atomic E-state index is 0.314. The molecular formula is C11H12BrNO3. The molecule has 1 rings (SSSR count). The Kier molecular flexibility index (Phi) is 4.98. The van der Waals surface area contributed by atoms with Crippen LogP contribution in [0.15, 0.2) is 30.3 Å². The van der Waals surface area contributed by atoms with E-state index in [1.807, 2.05) is 30.3 Å². The Morgan fingerprint density at radius 1 is 1.31 bits per heavy atom. The van der Waals surface area contributed by atoms with Crippen molar-refractivity contribution < 1.29 is 14.7 Å². The van der Waals surface area contributed by atoms with Gasteiger partial charge in [-0.15, -0.1) is 0 Å². The van der Waals surface area contributed by atoms with Gasteiger partial charge in [0.15, 0.2) is 0 Å². The summed E-state index contributed by atoms with van der Waals surface area (Å²) in [6.07, 6.45) is 0.534. The highest BCUT2D eigenvalue weighted by Crippen LogP contribution is 2.09. The van der Waals surface area contributed by atoms with E-state index in [0.717, 1.165) is 5.56 Å². The monoisotopic (exact) mass is 285 g/mol. The molecule has 5 heteroatoms. The lowest BCUT2D eigenvalue weighted by Crippen LogP contribution is -2.35. The summed E-state index contributed by atoms with van der Waals surface area (Å²) in [5.74, 6) is -1.36. The first kappa shape index (κ1) is 12.7. The number of halogens is 1. The van der Waals surface area contributed by atoms with Crippen molar-refractivity contribution in [2.24, 2.45) is 0 Å². The van der Waals surface area contributed by atoms with Crippen molar-refractivity contribution >= 4 is 27.8 Å². The van der Waals surface area contributed by atoms with Crippen LogP contribution in [0.1, 0.15) is 5.56 Å². The molecule has 0 aliphatic carbocycles. The van der Waals surface area contributed by atoms with Gasteiger partial charge in [0, 0.05) is 0 Å². The van der Waals surface area contributed by atoms with Gasteiger partial charge < -0.3 is 10.4 Å². The van der Waals surface area contributed by atoms with Crippen LogP contribution in [0.2, 0.25) is 0 Å². The summed E-state index contributed by atoms with van der Waals surface area (Å²) >= 11 is 3.23. The summed E-state index contributed by atoms with van der Waals surface area (Å²) in [5, 5.41) is 10.7. The topological polar surface area (TPSA) is 66.4 Å². The third-order valence-electron chi connectivity index (χ3n) is 1.96. The largest absolute Gasteiger partial charge is 0.480 e. The van der Waals surface area contributed by atoms with Crippen molar-refractivity contribution in [2.75, 3.05) is 6.54 Å². The van der Waals surface area contributed by atoms with Crippen LogP contribution in [-0.4, -0.2) is 28.4 Å². The lowest BCUT2D eigenvalue weighted by Gasteiger charge is -2.09. The number of benzene rings is 1. The summed E-state index contributed by atoms with van der Waals surface area (Å²) in [7, 11) is 0. The number of carbonyl (C=O) groups excluding carboxylic acids is 1. The van der Waals surface area contributed by atoms with E-state index in [2.05, 4.69) is 21.2 Å². The predicted octanol–water partition coefficient (Wildman–Crippen LogP) is 1.19. The van der Waals surface area contributed by atoms with E-state index in [9.17, 15) is 9.59 Å². The minimum Gasteiger partial charge on any atom is -0.480 e. The molecule has 4 nitrogen and oxygen atoms in total. The van der Waals surface area contributed by atoms with Crippen LogP contribution in [-0.2, 0) is 16.0 Å².